The van der Waals surface area contributed by atoms with Gasteiger partial charge in [0.25, 0.3) is 0 Å². The van der Waals surface area contributed by atoms with E-state index in [2.05, 4.69) is 15.2 Å². The van der Waals surface area contributed by atoms with Crippen LogP contribution in [-0.2, 0) is 19.6 Å². The van der Waals surface area contributed by atoms with Crippen LogP contribution in [0, 0.1) is 6.92 Å². The summed E-state index contributed by atoms with van der Waals surface area (Å²) in [7, 11) is -3.57. The first-order valence-electron chi connectivity index (χ1n) is 9.04. The van der Waals surface area contributed by atoms with Gasteiger partial charge in [0.15, 0.2) is 5.76 Å². The van der Waals surface area contributed by atoms with E-state index in [1.54, 1.807) is 38.1 Å². The Morgan fingerprint density at radius 1 is 1.39 bits per heavy atom. The van der Waals surface area contributed by atoms with Gasteiger partial charge in [-0.1, -0.05) is 12.1 Å². The van der Waals surface area contributed by atoms with Crippen molar-refractivity contribution in [3.05, 3.63) is 28.5 Å². The molecule has 0 spiro atoms. The number of nitrogens with zero attached hydrogens (tertiary/aromatic N) is 1. The molecular weight excluding hydrogens is 402 g/mol. The van der Waals surface area contributed by atoms with Gasteiger partial charge >= 0.3 is 0 Å². The number of anilines is 1. The van der Waals surface area contributed by atoms with Gasteiger partial charge in [-0.05, 0) is 44.1 Å². The number of carbonyl (C=O) groups is 1. The van der Waals surface area contributed by atoms with Gasteiger partial charge in [-0.2, -0.15) is 0 Å². The molecule has 0 bridgehead atoms. The number of aromatic nitrogens is 1. The molecule has 1 atom stereocenters. The molecular formula is C18H23N3O5S2. The van der Waals surface area contributed by atoms with E-state index in [0.717, 1.165) is 29.1 Å². The fourth-order valence-electron chi connectivity index (χ4n) is 2.69. The van der Waals surface area contributed by atoms with E-state index >= 15 is 0 Å². The lowest BCUT2D eigenvalue weighted by atomic mass is 10.2. The minimum atomic E-state index is -3.57. The smallest absolute Gasteiger partial charge is 0.250 e. The van der Waals surface area contributed by atoms with Crippen molar-refractivity contribution in [1.29, 1.82) is 0 Å². The topological polar surface area (TPSA) is 111 Å². The molecule has 1 fully saturated rings. The summed E-state index contributed by atoms with van der Waals surface area (Å²) in [6.07, 6.45) is 5.51. The maximum atomic E-state index is 12.4. The predicted octanol–water partition coefficient (Wildman–Crippen LogP) is 3.02. The number of sulfonamides is 1. The molecule has 3 rings (SSSR count). The summed E-state index contributed by atoms with van der Waals surface area (Å²) in [5, 5.41) is 6.62. The van der Waals surface area contributed by atoms with Crippen LogP contribution < -0.4 is 10.0 Å². The lowest BCUT2D eigenvalue weighted by Crippen LogP contribution is -2.31. The Hall–Kier alpha value is -2.01. The molecule has 2 aromatic rings. The van der Waals surface area contributed by atoms with Crippen LogP contribution in [0.1, 0.15) is 42.5 Å². The SMILES string of the molecule is CCC(=O)Nc1c(C)noc1/C=C/c1ccc(S(=O)(=O)NCC2CCCO2)s1. The van der Waals surface area contributed by atoms with Crippen LogP contribution in [0.5, 0.6) is 0 Å². The Morgan fingerprint density at radius 2 is 2.21 bits per heavy atom. The van der Waals surface area contributed by atoms with Gasteiger partial charge in [-0.3, -0.25) is 4.79 Å². The molecule has 10 heteroatoms. The van der Waals surface area contributed by atoms with Crippen LogP contribution in [0.4, 0.5) is 5.69 Å². The first kappa shape index (κ1) is 20.7. The number of carbonyl (C=O) groups excluding carboxylic acids is 1. The standard InChI is InChI=1S/C18H23N3O5S2/c1-3-16(22)20-18-12(2)21-26-15(18)8-6-14-7-9-17(27-14)28(23,24)19-11-13-5-4-10-25-13/h6-9,13,19H,3-5,10-11H2,1-2H3,(H,20,22)/b8-6+. The molecule has 28 heavy (non-hydrogen) atoms. The quantitative estimate of drug-likeness (QED) is 0.673. The second kappa shape index (κ2) is 8.99. The number of ether oxygens (including phenoxy) is 1. The Balaban J connectivity index is 1.68. The molecule has 1 amide bonds. The van der Waals surface area contributed by atoms with Crippen molar-refractivity contribution in [1.82, 2.24) is 9.88 Å². The molecule has 2 N–H and O–H groups in total. The van der Waals surface area contributed by atoms with Gasteiger partial charge in [-0.25, -0.2) is 13.1 Å². The van der Waals surface area contributed by atoms with E-state index in [1.807, 2.05) is 0 Å². The first-order chi connectivity index (χ1) is 13.4. The Kier molecular flexibility index (Phi) is 6.65. The summed E-state index contributed by atoms with van der Waals surface area (Å²) in [6, 6.07) is 3.28. The van der Waals surface area contributed by atoms with Crippen molar-refractivity contribution in [2.45, 2.75) is 43.4 Å². The third kappa shape index (κ3) is 5.07. The fraction of sp³-hybridized carbons (Fsp3) is 0.444. The molecule has 0 aliphatic carbocycles. The minimum Gasteiger partial charge on any atom is -0.377 e. The van der Waals surface area contributed by atoms with Crippen LogP contribution in [-0.4, -0.2) is 38.7 Å². The first-order valence-corrected chi connectivity index (χ1v) is 11.3. The molecule has 0 aromatic carbocycles. The number of hydrogen-bond donors (Lipinski definition) is 2. The van der Waals surface area contributed by atoms with Crippen LogP contribution in [0.2, 0.25) is 0 Å². The number of rotatable bonds is 8. The highest BCUT2D eigenvalue weighted by Gasteiger charge is 2.21. The van der Waals surface area contributed by atoms with E-state index in [1.165, 1.54) is 0 Å². The maximum absolute atomic E-state index is 12.4. The van der Waals surface area contributed by atoms with Crippen molar-refractivity contribution >= 4 is 45.1 Å². The van der Waals surface area contributed by atoms with E-state index in [4.69, 9.17) is 9.26 Å². The van der Waals surface area contributed by atoms with Crippen molar-refractivity contribution in [2.75, 3.05) is 18.5 Å². The second-order valence-corrected chi connectivity index (χ2v) is 9.50. The molecule has 3 heterocycles. The van der Waals surface area contributed by atoms with E-state index in [0.29, 0.717) is 30.2 Å². The summed E-state index contributed by atoms with van der Waals surface area (Å²) in [6.45, 7) is 4.46. The third-order valence-electron chi connectivity index (χ3n) is 4.27. The molecule has 0 saturated carbocycles. The highest BCUT2D eigenvalue weighted by molar-refractivity contribution is 7.91. The molecule has 1 aliphatic rings. The van der Waals surface area contributed by atoms with Crippen molar-refractivity contribution in [3.8, 4) is 0 Å². The van der Waals surface area contributed by atoms with Crippen LogP contribution in [0.25, 0.3) is 12.2 Å². The lowest BCUT2D eigenvalue weighted by molar-refractivity contribution is -0.115. The maximum Gasteiger partial charge on any atom is 0.250 e. The molecule has 0 radical (unpaired) electrons. The third-order valence-corrected chi connectivity index (χ3v) is 7.23. The predicted molar refractivity (Wildman–Crippen MR) is 108 cm³/mol. The van der Waals surface area contributed by atoms with Gasteiger partial charge < -0.3 is 14.6 Å². The lowest BCUT2D eigenvalue weighted by Gasteiger charge is -2.10. The van der Waals surface area contributed by atoms with Gasteiger partial charge in [0.05, 0.1) is 6.10 Å². The van der Waals surface area contributed by atoms with Crippen molar-refractivity contribution in [3.63, 3.8) is 0 Å². The highest BCUT2D eigenvalue weighted by Crippen LogP contribution is 2.26. The summed E-state index contributed by atoms with van der Waals surface area (Å²) in [5.41, 5.74) is 1.10. The Labute approximate surface area is 168 Å². The number of aryl methyl sites for hydroxylation is 1. The van der Waals surface area contributed by atoms with Crippen LogP contribution >= 0.6 is 11.3 Å². The molecule has 1 saturated heterocycles. The van der Waals surface area contributed by atoms with Gasteiger partial charge in [0.2, 0.25) is 15.9 Å². The van der Waals surface area contributed by atoms with Crippen molar-refractivity contribution in [2.24, 2.45) is 0 Å². The summed E-state index contributed by atoms with van der Waals surface area (Å²) in [5.74, 6) is 0.274. The van der Waals surface area contributed by atoms with E-state index in [-0.39, 0.29) is 22.8 Å². The van der Waals surface area contributed by atoms with E-state index < -0.39 is 10.0 Å². The Bertz CT molecular complexity index is 956. The number of nitrogens with one attached hydrogen (secondary N) is 2. The number of hydrogen-bond acceptors (Lipinski definition) is 7. The summed E-state index contributed by atoms with van der Waals surface area (Å²) in [4.78, 5) is 12.4. The number of amides is 1. The van der Waals surface area contributed by atoms with Gasteiger partial charge in [-0.15, -0.1) is 11.3 Å². The highest BCUT2D eigenvalue weighted by atomic mass is 32.2. The summed E-state index contributed by atoms with van der Waals surface area (Å²) >= 11 is 1.15. The van der Waals surface area contributed by atoms with Crippen LogP contribution in [0.15, 0.2) is 20.9 Å². The summed E-state index contributed by atoms with van der Waals surface area (Å²) < 4.78 is 38.4. The van der Waals surface area contributed by atoms with Gasteiger partial charge in [0.1, 0.15) is 15.6 Å². The Morgan fingerprint density at radius 3 is 2.93 bits per heavy atom. The van der Waals surface area contributed by atoms with Gasteiger partial charge in [0, 0.05) is 24.4 Å². The van der Waals surface area contributed by atoms with Crippen LogP contribution in [0.3, 0.4) is 0 Å². The average molecular weight is 426 g/mol. The minimum absolute atomic E-state index is 0.0550. The zero-order chi connectivity index (χ0) is 20.1. The average Bonchev–Trinajstić information content (AvgIpc) is 3.41. The monoisotopic (exact) mass is 425 g/mol. The molecule has 1 unspecified atom stereocenters. The number of thiophene rings is 1. The van der Waals surface area contributed by atoms with E-state index in [9.17, 15) is 13.2 Å². The zero-order valence-electron chi connectivity index (χ0n) is 15.7. The fourth-order valence-corrected chi connectivity index (χ4v) is 5.03. The molecule has 2 aromatic heterocycles. The largest absolute Gasteiger partial charge is 0.377 e. The zero-order valence-corrected chi connectivity index (χ0v) is 17.4. The molecule has 1 aliphatic heterocycles. The molecule has 152 valence electrons. The molecule has 8 nitrogen and oxygen atoms in total. The van der Waals surface area contributed by atoms with Crippen molar-refractivity contribution < 1.29 is 22.5 Å². The normalized spacial score (nSPS) is 17.4. The second-order valence-electron chi connectivity index (χ2n) is 6.39.